The zero-order valence-corrected chi connectivity index (χ0v) is 17.1. The van der Waals surface area contributed by atoms with Gasteiger partial charge in [0.25, 0.3) is 0 Å². The molecule has 7 heteroatoms. The Morgan fingerprint density at radius 2 is 2.12 bits per heavy atom. The van der Waals surface area contributed by atoms with E-state index in [9.17, 15) is 15.2 Å². The van der Waals surface area contributed by atoms with E-state index >= 15 is 0 Å². The highest BCUT2D eigenvalue weighted by Crippen LogP contribution is 2.30. The molecule has 1 heterocycles. The van der Waals surface area contributed by atoms with Crippen LogP contribution < -0.4 is 0 Å². The van der Waals surface area contributed by atoms with Crippen LogP contribution in [-0.4, -0.2) is 33.2 Å². The third-order valence-corrected chi connectivity index (χ3v) is 4.92. The lowest BCUT2D eigenvalue weighted by molar-refractivity contribution is 0.0541. The molecule has 1 aromatic heterocycles. The van der Waals surface area contributed by atoms with Gasteiger partial charge in [-0.25, -0.2) is 9.36 Å². The Morgan fingerprint density at radius 1 is 1.44 bits per heavy atom. The Labute approximate surface area is 160 Å². The summed E-state index contributed by atoms with van der Waals surface area (Å²) in [6.45, 7) is 7.14. The van der Waals surface area contributed by atoms with Crippen molar-refractivity contribution < 1.29 is 14.6 Å². The third-order valence-electron chi connectivity index (χ3n) is 3.24. The Morgan fingerprint density at radius 3 is 2.68 bits per heavy atom. The third kappa shape index (κ3) is 5.00. The summed E-state index contributed by atoms with van der Waals surface area (Å²) in [5, 5.41) is 19.7. The first-order chi connectivity index (χ1) is 11.6. The molecular formula is C18H21BrN2O3S. The van der Waals surface area contributed by atoms with E-state index < -0.39 is 17.8 Å². The number of aliphatic hydroxyl groups excluding tert-OH is 1. The maximum Gasteiger partial charge on any atom is 0.419 e. The van der Waals surface area contributed by atoms with Crippen LogP contribution in [0.3, 0.4) is 0 Å². The van der Waals surface area contributed by atoms with Crippen LogP contribution in [0.5, 0.6) is 0 Å². The highest BCUT2D eigenvalue weighted by atomic mass is 79.9. The number of thioether (sulfide) groups is 1. The van der Waals surface area contributed by atoms with Crippen LogP contribution in [0.1, 0.15) is 39.0 Å². The van der Waals surface area contributed by atoms with E-state index in [1.165, 1.54) is 16.3 Å². The van der Waals surface area contributed by atoms with Crippen molar-refractivity contribution in [2.75, 3.05) is 5.75 Å². The predicted molar refractivity (Wildman–Crippen MR) is 104 cm³/mol. The summed E-state index contributed by atoms with van der Waals surface area (Å²) in [6.07, 6.45) is -0.929. The molecule has 0 fully saturated rings. The largest absolute Gasteiger partial charge is 0.443 e. The van der Waals surface area contributed by atoms with Crippen LogP contribution in [0.2, 0.25) is 0 Å². The molecule has 134 valence electrons. The molecule has 0 amide bonds. The number of ether oxygens (including phenoxy) is 1. The van der Waals surface area contributed by atoms with Crippen molar-refractivity contribution in [3.63, 3.8) is 0 Å². The molecule has 0 radical (unpaired) electrons. The van der Waals surface area contributed by atoms with Gasteiger partial charge in [-0.2, -0.15) is 17.0 Å². The van der Waals surface area contributed by atoms with Crippen molar-refractivity contribution in [1.82, 2.24) is 4.57 Å². The summed E-state index contributed by atoms with van der Waals surface area (Å²) in [5.41, 5.74) is 1.05. The Bertz CT molecular complexity index is 831. The second-order valence-electron chi connectivity index (χ2n) is 6.82. The summed E-state index contributed by atoms with van der Waals surface area (Å²) in [7, 11) is 0. The van der Waals surface area contributed by atoms with Crippen molar-refractivity contribution >= 4 is 44.7 Å². The van der Waals surface area contributed by atoms with Gasteiger partial charge in [0, 0.05) is 27.1 Å². The average Bonchev–Trinajstić information content (AvgIpc) is 2.82. The second kappa shape index (κ2) is 7.81. The quantitative estimate of drug-likeness (QED) is 0.771. The number of rotatable bonds is 4. The van der Waals surface area contributed by atoms with Gasteiger partial charge in [-0.15, -0.1) is 0 Å². The molecule has 0 aliphatic rings. The molecule has 1 unspecified atom stereocenters. The van der Waals surface area contributed by atoms with E-state index in [0.29, 0.717) is 22.6 Å². The smallest absolute Gasteiger partial charge is 0.419 e. The molecule has 25 heavy (non-hydrogen) atoms. The zero-order chi connectivity index (χ0) is 18.8. The number of carbonyl (C=O) groups is 1. The maximum absolute atomic E-state index is 12.8. The van der Waals surface area contributed by atoms with E-state index in [1.807, 2.05) is 12.1 Å². The zero-order valence-electron chi connectivity index (χ0n) is 14.7. The summed E-state index contributed by atoms with van der Waals surface area (Å²) < 4.78 is 7.78. The van der Waals surface area contributed by atoms with Crippen molar-refractivity contribution in [3.8, 4) is 6.07 Å². The van der Waals surface area contributed by atoms with Gasteiger partial charge in [-0.05, 0) is 45.9 Å². The van der Waals surface area contributed by atoms with Gasteiger partial charge >= 0.3 is 6.09 Å². The minimum atomic E-state index is -0.639. The Hall–Kier alpha value is -1.49. The molecule has 1 aromatic carbocycles. The van der Waals surface area contributed by atoms with E-state index in [0.717, 1.165) is 15.6 Å². The summed E-state index contributed by atoms with van der Waals surface area (Å²) in [6, 6.07) is 7.61. The molecule has 5 nitrogen and oxygen atoms in total. The van der Waals surface area contributed by atoms with Crippen LogP contribution in [0.4, 0.5) is 4.79 Å². The van der Waals surface area contributed by atoms with Crippen molar-refractivity contribution in [2.45, 2.75) is 45.2 Å². The molecule has 0 bridgehead atoms. The minimum absolute atomic E-state index is 0.405. The fraction of sp³-hybridized carbons (Fsp3) is 0.444. The number of carbonyl (C=O) groups excluding carboxylic acids is 1. The number of hydrogen-bond donors (Lipinski definition) is 1. The Kier molecular flexibility index (Phi) is 6.20. The van der Waals surface area contributed by atoms with E-state index in [-0.39, 0.29) is 0 Å². The normalized spacial score (nSPS) is 12.8. The molecule has 0 saturated carbocycles. The molecule has 2 aromatic rings. The minimum Gasteiger partial charge on any atom is -0.443 e. The predicted octanol–water partition coefficient (Wildman–Crippen LogP) is 4.67. The molecule has 0 aliphatic carbocycles. The molecule has 0 aliphatic heterocycles. The van der Waals surface area contributed by atoms with Crippen LogP contribution in [0, 0.1) is 11.3 Å². The van der Waals surface area contributed by atoms with E-state index in [4.69, 9.17) is 4.74 Å². The fourth-order valence-corrected chi connectivity index (χ4v) is 3.77. The van der Waals surface area contributed by atoms with Crippen molar-refractivity contribution in [2.24, 2.45) is 0 Å². The number of halogens is 1. The van der Waals surface area contributed by atoms with E-state index in [1.54, 1.807) is 33.8 Å². The second-order valence-corrected chi connectivity index (χ2v) is 8.76. The summed E-state index contributed by atoms with van der Waals surface area (Å²) in [5.74, 6) is 1.09. The van der Waals surface area contributed by atoms with Gasteiger partial charge in [-0.3, -0.25) is 0 Å². The van der Waals surface area contributed by atoms with Gasteiger partial charge in [0.05, 0.1) is 17.2 Å². The van der Waals surface area contributed by atoms with Gasteiger partial charge in [0.15, 0.2) is 0 Å². The first-order valence-corrected chi connectivity index (χ1v) is 9.80. The number of aromatic nitrogens is 1. The van der Waals surface area contributed by atoms with Crippen molar-refractivity contribution in [1.29, 1.82) is 5.26 Å². The molecule has 1 atom stereocenters. The lowest BCUT2D eigenvalue weighted by atomic mass is 10.1. The lowest BCUT2D eigenvalue weighted by Crippen LogP contribution is -2.28. The number of fused-ring (bicyclic) bond motifs is 1. The van der Waals surface area contributed by atoms with Gasteiger partial charge < -0.3 is 9.84 Å². The van der Waals surface area contributed by atoms with Crippen molar-refractivity contribution in [3.05, 3.63) is 33.9 Å². The monoisotopic (exact) mass is 424 g/mol. The molecule has 0 spiro atoms. The lowest BCUT2D eigenvalue weighted by Gasteiger charge is -2.21. The average molecular weight is 425 g/mol. The number of nitrogens with zero attached hydrogens (tertiary/aromatic N) is 2. The Balaban J connectivity index is 2.56. The highest BCUT2D eigenvalue weighted by Gasteiger charge is 2.24. The number of aliphatic hydroxyl groups is 1. The van der Waals surface area contributed by atoms with Crippen LogP contribution >= 0.6 is 27.7 Å². The number of hydrogen-bond acceptors (Lipinski definition) is 5. The topological polar surface area (TPSA) is 75.2 Å². The number of benzene rings is 1. The molecular weight excluding hydrogens is 404 g/mol. The molecule has 0 saturated heterocycles. The standard InChI is InChI=1S/C18H21BrN2O3S/c1-11(22)9-25-10-15-7-12-5-14(19)6-13(8-20)16(12)21(15)17(23)24-18(2,3)4/h5-7,11,22H,9-10H2,1-4H3. The number of nitriles is 1. The van der Waals surface area contributed by atoms with Crippen LogP contribution in [0.25, 0.3) is 10.9 Å². The van der Waals surface area contributed by atoms with Gasteiger partial charge in [0.2, 0.25) is 0 Å². The van der Waals surface area contributed by atoms with E-state index in [2.05, 4.69) is 22.0 Å². The maximum atomic E-state index is 12.8. The summed E-state index contributed by atoms with van der Waals surface area (Å²) in [4.78, 5) is 12.8. The summed E-state index contributed by atoms with van der Waals surface area (Å²) >= 11 is 4.92. The van der Waals surface area contributed by atoms with Crippen LogP contribution in [0.15, 0.2) is 22.7 Å². The molecule has 2 rings (SSSR count). The van der Waals surface area contributed by atoms with Gasteiger partial charge in [0.1, 0.15) is 11.7 Å². The fourth-order valence-electron chi connectivity index (χ4n) is 2.41. The molecule has 1 N–H and O–H groups in total. The first-order valence-electron chi connectivity index (χ1n) is 7.85. The van der Waals surface area contributed by atoms with Gasteiger partial charge in [-0.1, -0.05) is 15.9 Å². The first kappa shape index (κ1) is 19.8. The SMILES string of the molecule is CC(O)CSCc1cc2cc(Br)cc(C#N)c2n1C(=O)OC(C)(C)C. The highest BCUT2D eigenvalue weighted by molar-refractivity contribution is 9.10. The van der Waals surface area contributed by atoms with Crippen LogP contribution in [-0.2, 0) is 10.5 Å².